The van der Waals surface area contributed by atoms with Gasteiger partial charge in [0.25, 0.3) is 0 Å². The number of rotatable bonds is 43. The molecule has 1 saturated carbocycles. The Bertz CT molecular complexity index is 1420. The van der Waals surface area contributed by atoms with Crippen molar-refractivity contribution in [1.29, 1.82) is 0 Å². The number of hydrogen-bond acceptors (Lipinski definition) is 11. The number of ether oxygens (including phenoxy) is 2. The van der Waals surface area contributed by atoms with Crippen LogP contribution in [0, 0.1) is 0 Å². The Morgan fingerprint density at radius 3 is 1.34 bits per heavy atom. The third-order valence-electron chi connectivity index (χ3n) is 11.5. The van der Waals surface area contributed by atoms with Crippen LogP contribution in [0.3, 0.4) is 0 Å². The molecule has 0 saturated heterocycles. The molecular weight excluding hydrogens is 872 g/mol. The number of aliphatic hydroxyl groups is 5. The van der Waals surface area contributed by atoms with Crippen LogP contribution in [0.2, 0.25) is 0 Å². The maximum absolute atomic E-state index is 12.9. The number of esters is 1. The van der Waals surface area contributed by atoms with Gasteiger partial charge in [-0.1, -0.05) is 176 Å². The summed E-state index contributed by atoms with van der Waals surface area (Å²) in [4.78, 5) is 23.3. The van der Waals surface area contributed by atoms with Crippen molar-refractivity contribution in [3.05, 3.63) is 85.1 Å². The van der Waals surface area contributed by atoms with Crippen LogP contribution >= 0.6 is 7.82 Å². The van der Waals surface area contributed by atoms with Crippen LogP contribution in [-0.2, 0) is 27.9 Å². The molecule has 0 spiro atoms. The summed E-state index contributed by atoms with van der Waals surface area (Å²) in [7, 11) is -5.03. The Labute approximate surface area is 405 Å². The van der Waals surface area contributed by atoms with E-state index >= 15 is 0 Å². The molecule has 386 valence electrons. The van der Waals surface area contributed by atoms with Crippen LogP contribution in [0.25, 0.3) is 0 Å². The number of carbonyl (C=O) groups excluding carboxylic acids is 1. The zero-order chi connectivity index (χ0) is 49.1. The van der Waals surface area contributed by atoms with Gasteiger partial charge in [0.2, 0.25) is 0 Å². The number of phosphoric ester groups is 1. The Kier molecular flexibility index (Phi) is 40.6. The molecule has 67 heavy (non-hydrogen) atoms. The van der Waals surface area contributed by atoms with Gasteiger partial charge in [0.15, 0.2) is 0 Å². The number of phosphoric acid groups is 1. The lowest BCUT2D eigenvalue weighted by molar-refractivity contribution is -0.220. The summed E-state index contributed by atoms with van der Waals surface area (Å²) in [5.41, 5.74) is 0. The van der Waals surface area contributed by atoms with Gasteiger partial charge in [-0.05, 0) is 89.9 Å². The van der Waals surface area contributed by atoms with Crippen molar-refractivity contribution in [3.8, 4) is 0 Å². The zero-order valence-corrected chi connectivity index (χ0v) is 42.3. The number of aliphatic hydroxyl groups excluding tert-OH is 5. The monoisotopic (exact) mass is 965 g/mol. The average Bonchev–Trinajstić information content (AvgIpc) is 3.31. The van der Waals surface area contributed by atoms with Crippen LogP contribution in [0.4, 0.5) is 0 Å². The molecule has 1 aliphatic carbocycles. The summed E-state index contributed by atoms with van der Waals surface area (Å²) >= 11 is 0. The first-order valence-corrected chi connectivity index (χ1v) is 27.4. The van der Waals surface area contributed by atoms with Gasteiger partial charge in [0.1, 0.15) is 42.7 Å². The largest absolute Gasteiger partial charge is 0.472 e. The third-order valence-corrected chi connectivity index (χ3v) is 12.5. The quantitative estimate of drug-likeness (QED) is 0.0147. The van der Waals surface area contributed by atoms with E-state index in [-0.39, 0.29) is 13.0 Å². The Hall–Kier alpha value is -2.48. The van der Waals surface area contributed by atoms with Gasteiger partial charge in [-0.2, -0.15) is 0 Å². The van der Waals surface area contributed by atoms with Gasteiger partial charge in [-0.3, -0.25) is 13.8 Å². The predicted molar refractivity (Wildman–Crippen MR) is 271 cm³/mol. The smallest absolute Gasteiger partial charge is 0.457 e. The van der Waals surface area contributed by atoms with E-state index in [1.54, 1.807) is 0 Å². The van der Waals surface area contributed by atoms with Gasteiger partial charge in [-0.15, -0.1) is 0 Å². The highest BCUT2D eigenvalue weighted by Gasteiger charge is 2.51. The van der Waals surface area contributed by atoms with Crippen molar-refractivity contribution in [3.63, 3.8) is 0 Å². The van der Waals surface area contributed by atoms with E-state index < -0.39 is 63.1 Å². The minimum absolute atomic E-state index is 0.0932. The maximum Gasteiger partial charge on any atom is 0.472 e. The molecule has 1 rings (SSSR count). The molecule has 0 amide bonds. The van der Waals surface area contributed by atoms with Gasteiger partial charge in [0.05, 0.1) is 13.2 Å². The van der Waals surface area contributed by atoms with Crippen molar-refractivity contribution in [2.45, 2.75) is 230 Å². The Balaban J connectivity index is 2.36. The molecule has 0 heterocycles. The molecule has 0 aliphatic heterocycles. The van der Waals surface area contributed by atoms with Crippen molar-refractivity contribution in [2.75, 3.05) is 19.8 Å². The summed E-state index contributed by atoms with van der Waals surface area (Å²) in [6.45, 7) is 4.10. The van der Waals surface area contributed by atoms with Crippen molar-refractivity contribution >= 4 is 13.8 Å². The molecule has 6 atom stereocenters. The van der Waals surface area contributed by atoms with Crippen molar-refractivity contribution < 1.29 is 58.3 Å². The van der Waals surface area contributed by atoms with Crippen LogP contribution in [0.15, 0.2) is 85.1 Å². The second-order valence-electron chi connectivity index (χ2n) is 17.6. The summed E-state index contributed by atoms with van der Waals surface area (Å²) in [5.74, 6) is -0.495. The third kappa shape index (κ3) is 35.3. The van der Waals surface area contributed by atoms with E-state index in [0.29, 0.717) is 13.0 Å². The van der Waals surface area contributed by atoms with Crippen molar-refractivity contribution in [1.82, 2.24) is 0 Å². The molecular formula is C54H93O12P. The number of unbranched alkanes of at least 4 members (excludes halogenated alkanes) is 17. The first-order chi connectivity index (χ1) is 32.5. The molecule has 13 heteroatoms. The Morgan fingerprint density at radius 2 is 0.881 bits per heavy atom. The first kappa shape index (κ1) is 62.5. The van der Waals surface area contributed by atoms with Crippen molar-refractivity contribution in [2.24, 2.45) is 0 Å². The minimum atomic E-state index is -5.03. The SMILES string of the molecule is CC/C=C\C/C=C\C/C=C\C/C=C\C/C=C\CCCCCCCCCC(=O)OC(COCCCCCCCC/C=C\C/C=C\CCCCCC)COP(=O)(O)OC1C(O)C(O)C(O)C(O)C1O. The molecule has 0 aromatic rings. The molecule has 0 bridgehead atoms. The molecule has 6 N–H and O–H groups in total. The molecule has 1 aliphatic rings. The predicted octanol–water partition coefficient (Wildman–Crippen LogP) is 11.7. The van der Waals surface area contributed by atoms with E-state index in [9.17, 15) is 39.8 Å². The summed E-state index contributed by atoms with van der Waals surface area (Å²) in [5, 5.41) is 50.3. The van der Waals surface area contributed by atoms with Crippen LogP contribution in [0.5, 0.6) is 0 Å². The van der Waals surface area contributed by atoms with Crippen LogP contribution in [0.1, 0.15) is 187 Å². The number of carbonyl (C=O) groups is 1. The van der Waals surface area contributed by atoms with Crippen LogP contribution in [-0.4, -0.2) is 98.9 Å². The van der Waals surface area contributed by atoms with E-state index in [4.69, 9.17) is 18.5 Å². The van der Waals surface area contributed by atoms with E-state index in [2.05, 4.69) is 98.9 Å². The number of hydrogen-bond donors (Lipinski definition) is 6. The topological polar surface area (TPSA) is 192 Å². The summed E-state index contributed by atoms with van der Waals surface area (Å²) < 4.78 is 34.3. The minimum Gasteiger partial charge on any atom is -0.457 e. The van der Waals surface area contributed by atoms with Gasteiger partial charge in [-0.25, -0.2) is 4.57 Å². The second kappa shape index (κ2) is 43.5. The lowest BCUT2D eigenvalue weighted by Gasteiger charge is -2.41. The Morgan fingerprint density at radius 1 is 0.493 bits per heavy atom. The second-order valence-corrected chi connectivity index (χ2v) is 19.0. The zero-order valence-electron chi connectivity index (χ0n) is 41.4. The van der Waals surface area contributed by atoms with Gasteiger partial charge >= 0.3 is 13.8 Å². The molecule has 12 nitrogen and oxygen atoms in total. The van der Waals surface area contributed by atoms with E-state index in [1.165, 1.54) is 32.1 Å². The van der Waals surface area contributed by atoms with E-state index in [1.807, 2.05) is 0 Å². The summed E-state index contributed by atoms with van der Waals surface area (Å²) in [6.07, 6.45) is 46.4. The molecule has 1 fully saturated rings. The average molecular weight is 965 g/mol. The lowest BCUT2D eigenvalue weighted by Crippen LogP contribution is -2.64. The highest BCUT2D eigenvalue weighted by atomic mass is 31.2. The van der Waals surface area contributed by atoms with E-state index in [0.717, 1.165) is 128 Å². The first-order valence-electron chi connectivity index (χ1n) is 25.9. The van der Waals surface area contributed by atoms with Gasteiger partial charge in [0, 0.05) is 13.0 Å². The molecule has 0 radical (unpaired) electrons. The van der Waals surface area contributed by atoms with Crippen LogP contribution < -0.4 is 0 Å². The van der Waals surface area contributed by atoms with Gasteiger partial charge < -0.3 is 39.9 Å². The maximum atomic E-state index is 12.9. The standard InChI is InChI=1S/C54H93O12P/c1-3-5-7-9-11-13-15-17-19-21-22-23-24-25-26-27-29-31-33-35-37-39-41-43-48(55)65-47(46-64-67(61,62)66-54-52(59)50(57)49(56)51(58)53(54)60)45-63-44-42-40-38-36-34-32-30-28-20-18-16-14-12-10-8-6-4-2/h5,7,11,13-14,16-17,19-20,22-23,25-26,28,47,49-54,56-60H,3-4,6,8-10,12,15,18,21,24,27,29-46H2,1-2H3,(H,61,62)/b7-5-,13-11-,16-14-,19-17-,23-22-,26-25-,28-20-. The molecule has 0 aromatic carbocycles. The highest BCUT2D eigenvalue weighted by molar-refractivity contribution is 7.47. The number of allylic oxidation sites excluding steroid dienone is 14. The molecule has 6 unspecified atom stereocenters. The summed E-state index contributed by atoms with van der Waals surface area (Å²) in [6, 6.07) is 0. The normalized spacial score (nSPS) is 22.0. The fraction of sp³-hybridized carbons (Fsp3) is 0.722. The fourth-order valence-corrected chi connectivity index (χ4v) is 8.38. The molecule has 0 aromatic heterocycles. The lowest BCUT2D eigenvalue weighted by atomic mass is 9.85. The highest BCUT2D eigenvalue weighted by Crippen LogP contribution is 2.47. The fourth-order valence-electron chi connectivity index (χ4n) is 7.41.